The smallest absolute Gasteiger partial charge is 0.302 e. The summed E-state index contributed by atoms with van der Waals surface area (Å²) in [5, 5.41) is 0. The number of benzene rings is 1. The maximum Gasteiger partial charge on any atom is 0.302 e. The van der Waals surface area contributed by atoms with Crippen LogP contribution in [0.4, 0.5) is 0 Å². The first-order valence-electron chi connectivity index (χ1n) is 7.03. The van der Waals surface area contributed by atoms with Crippen molar-refractivity contribution in [2.45, 2.75) is 45.9 Å². The van der Waals surface area contributed by atoms with E-state index in [1.807, 2.05) is 6.07 Å². The number of rotatable bonds is 3. The summed E-state index contributed by atoms with van der Waals surface area (Å²) in [6.45, 7) is 7.85. The van der Waals surface area contributed by atoms with Crippen molar-refractivity contribution in [3.05, 3.63) is 35.9 Å². The monoisotopic (exact) mass is 261 g/mol. The number of ether oxygens (including phenoxy) is 1. The highest BCUT2D eigenvalue weighted by atomic mass is 16.5. The van der Waals surface area contributed by atoms with E-state index in [-0.39, 0.29) is 12.1 Å². The number of hydrogen-bond acceptors (Lipinski definition) is 3. The highest BCUT2D eigenvalue weighted by molar-refractivity contribution is 5.66. The third-order valence-electron chi connectivity index (χ3n) is 4.17. The highest BCUT2D eigenvalue weighted by Gasteiger charge is 2.34. The van der Waals surface area contributed by atoms with E-state index < -0.39 is 0 Å². The summed E-state index contributed by atoms with van der Waals surface area (Å²) < 4.78 is 5.41. The number of carbonyl (C=O) groups is 1. The molecule has 2 rings (SSSR count). The van der Waals surface area contributed by atoms with Gasteiger partial charge in [0, 0.05) is 32.0 Å². The molecule has 1 aromatic rings. The van der Waals surface area contributed by atoms with E-state index in [2.05, 4.69) is 43.0 Å². The lowest BCUT2D eigenvalue weighted by molar-refractivity contribution is -0.153. The molecule has 0 spiro atoms. The number of carbonyl (C=O) groups excluding carboxylic acids is 1. The van der Waals surface area contributed by atoms with Gasteiger partial charge in [-0.3, -0.25) is 9.69 Å². The van der Waals surface area contributed by atoms with Crippen LogP contribution in [0.15, 0.2) is 30.3 Å². The normalized spacial score (nSPS) is 28.1. The molecule has 0 N–H and O–H groups in total. The largest absolute Gasteiger partial charge is 0.462 e. The molecule has 3 heteroatoms. The maximum atomic E-state index is 11.1. The summed E-state index contributed by atoms with van der Waals surface area (Å²) in [5.41, 5.74) is 1.34. The van der Waals surface area contributed by atoms with Crippen molar-refractivity contribution in [3.8, 4) is 0 Å². The lowest BCUT2D eigenvalue weighted by atomic mass is 9.88. The minimum Gasteiger partial charge on any atom is -0.462 e. The summed E-state index contributed by atoms with van der Waals surface area (Å²) in [5.74, 6) is 0.210. The molecule has 1 saturated heterocycles. The molecule has 0 amide bonds. The zero-order valence-electron chi connectivity index (χ0n) is 12.0. The Morgan fingerprint density at radius 2 is 2.00 bits per heavy atom. The number of piperidine rings is 1. The maximum absolute atomic E-state index is 11.1. The first kappa shape index (κ1) is 14.1. The van der Waals surface area contributed by atoms with Crippen molar-refractivity contribution in [3.63, 3.8) is 0 Å². The van der Waals surface area contributed by atoms with Crippen LogP contribution in [0.25, 0.3) is 0 Å². The van der Waals surface area contributed by atoms with Gasteiger partial charge in [0.25, 0.3) is 0 Å². The second-order valence-corrected chi connectivity index (χ2v) is 5.49. The molecule has 1 fully saturated rings. The fourth-order valence-corrected chi connectivity index (χ4v) is 2.82. The number of hydrogen-bond donors (Lipinski definition) is 0. The van der Waals surface area contributed by atoms with Gasteiger partial charge >= 0.3 is 5.97 Å². The average molecular weight is 261 g/mol. The van der Waals surface area contributed by atoms with Gasteiger partial charge in [-0.2, -0.15) is 0 Å². The molecule has 1 heterocycles. The van der Waals surface area contributed by atoms with Crippen molar-refractivity contribution in [2.24, 2.45) is 5.92 Å². The van der Waals surface area contributed by atoms with E-state index >= 15 is 0 Å². The molecule has 0 unspecified atom stereocenters. The average Bonchev–Trinajstić information content (AvgIpc) is 2.39. The third kappa shape index (κ3) is 3.57. The molecule has 0 aliphatic carbocycles. The minimum atomic E-state index is -0.166. The minimum absolute atomic E-state index is 0.0690. The Morgan fingerprint density at radius 3 is 2.63 bits per heavy atom. The zero-order valence-corrected chi connectivity index (χ0v) is 12.0. The van der Waals surface area contributed by atoms with E-state index in [1.165, 1.54) is 12.5 Å². The molecule has 3 nitrogen and oxygen atoms in total. The highest BCUT2D eigenvalue weighted by Crippen LogP contribution is 2.27. The van der Waals surface area contributed by atoms with Crippen LogP contribution in [0.3, 0.4) is 0 Å². The quantitative estimate of drug-likeness (QED) is 0.784. The fourth-order valence-electron chi connectivity index (χ4n) is 2.82. The third-order valence-corrected chi connectivity index (χ3v) is 4.17. The van der Waals surface area contributed by atoms with Gasteiger partial charge in [0.1, 0.15) is 6.10 Å². The van der Waals surface area contributed by atoms with Crippen LogP contribution in [0.5, 0.6) is 0 Å². The molecule has 1 aromatic carbocycles. The predicted molar refractivity (Wildman–Crippen MR) is 75.6 cm³/mol. The first-order chi connectivity index (χ1) is 9.08. The second kappa shape index (κ2) is 6.20. The van der Waals surface area contributed by atoms with E-state index in [1.54, 1.807) is 0 Å². The Kier molecular flexibility index (Phi) is 4.59. The molecule has 1 aliphatic rings. The lowest BCUT2D eigenvalue weighted by Gasteiger charge is -2.42. The van der Waals surface area contributed by atoms with Gasteiger partial charge < -0.3 is 4.74 Å². The predicted octanol–water partition coefficient (Wildman–Crippen LogP) is 2.85. The van der Waals surface area contributed by atoms with Crippen LogP contribution in [-0.2, 0) is 16.1 Å². The van der Waals surface area contributed by atoms with Gasteiger partial charge in [-0.15, -0.1) is 0 Å². The first-order valence-corrected chi connectivity index (χ1v) is 7.03. The Morgan fingerprint density at radius 1 is 1.32 bits per heavy atom. The van der Waals surface area contributed by atoms with E-state index in [0.717, 1.165) is 19.5 Å². The SMILES string of the molecule is CC(=O)O[C@H]1CCN(Cc2ccccc2)[C@H](C)[C@H]1C. The van der Waals surface area contributed by atoms with E-state index in [0.29, 0.717) is 12.0 Å². The Balaban J connectivity index is 1.97. The number of likely N-dealkylation sites (tertiary alicyclic amines) is 1. The van der Waals surface area contributed by atoms with E-state index in [9.17, 15) is 4.79 Å². The van der Waals surface area contributed by atoms with Gasteiger partial charge in [-0.05, 0) is 18.9 Å². The summed E-state index contributed by atoms with van der Waals surface area (Å²) in [7, 11) is 0. The van der Waals surface area contributed by atoms with Crippen LogP contribution in [0.1, 0.15) is 32.8 Å². The van der Waals surface area contributed by atoms with Crippen molar-refractivity contribution in [1.82, 2.24) is 4.90 Å². The molecule has 1 aliphatic heterocycles. The van der Waals surface area contributed by atoms with Crippen molar-refractivity contribution in [1.29, 1.82) is 0 Å². The van der Waals surface area contributed by atoms with Crippen molar-refractivity contribution < 1.29 is 9.53 Å². The number of esters is 1. The van der Waals surface area contributed by atoms with Crippen LogP contribution < -0.4 is 0 Å². The molecule has 0 radical (unpaired) electrons. The topological polar surface area (TPSA) is 29.5 Å². The fraction of sp³-hybridized carbons (Fsp3) is 0.562. The Hall–Kier alpha value is -1.35. The standard InChI is InChI=1S/C16H23NO2/c1-12-13(2)17(10-9-16(12)19-14(3)18)11-15-7-5-4-6-8-15/h4-8,12-13,16H,9-11H2,1-3H3/t12-,13-,16+/m1/s1. The molecular formula is C16H23NO2. The Labute approximate surface area is 115 Å². The summed E-state index contributed by atoms with van der Waals surface area (Å²) in [6, 6.07) is 11.0. The molecule has 19 heavy (non-hydrogen) atoms. The van der Waals surface area contributed by atoms with Gasteiger partial charge in [0.05, 0.1) is 0 Å². The molecule has 0 bridgehead atoms. The lowest BCUT2D eigenvalue weighted by Crippen LogP contribution is -2.49. The zero-order chi connectivity index (χ0) is 13.8. The Bertz CT molecular complexity index is 418. The molecule has 0 aromatic heterocycles. The number of nitrogens with zero attached hydrogens (tertiary/aromatic N) is 1. The van der Waals surface area contributed by atoms with Crippen molar-refractivity contribution >= 4 is 5.97 Å². The summed E-state index contributed by atoms with van der Waals surface area (Å²) in [6.07, 6.45) is 0.997. The van der Waals surface area contributed by atoms with Crippen LogP contribution in [0, 0.1) is 5.92 Å². The van der Waals surface area contributed by atoms with Crippen molar-refractivity contribution in [2.75, 3.05) is 6.54 Å². The molecule has 0 saturated carbocycles. The molecule has 104 valence electrons. The summed E-state index contributed by atoms with van der Waals surface area (Å²) in [4.78, 5) is 13.6. The van der Waals surface area contributed by atoms with Gasteiger partial charge in [-0.25, -0.2) is 0 Å². The van der Waals surface area contributed by atoms with Gasteiger partial charge in [-0.1, -0.05) is 37.3 Å². The molecular weight excluding hydrogens is 238 g/mol. The molecule has 3 atom stereocenters. The van der Waals surface area contributed by atoms with Crippen LogP contribution in [-0.4, -0.2) is 29.6 Å². The van der Waals surface area contributed by atoms with Crippen LogP contribution in [0.2, 0.25) is 0 Å². The summed E-state index contributed by atoms with van der Waals surface area (Å²) >= 11 is 0. The second-order valence-electron chi connectivity index (χ2n) is 5.49. The van der Waals surface area contributed by atoms with E-state index in [4.69, 9.17) is 4.74 Å². The van der Waals surface area contributed by atoms with Crippen LogP contribution >= 0.6 is 0 Å². The van der Waals surface area contributed by atoms with Gasteiger partial charge in [0.15, 0.2) is 0 Å². The van der Waals surface area contributed by atoms with Gasteiger partial charge in [0.2, 0.25) is 0 Å².